The summed E-state index contributed by atoms with van der Waals surface area (Å²) in [7, 11) is 0. The van der Waals surface area contributed by atoms with Crippen molar-refractivity contribution in [1.29, 1.82) is 0 Å². The van der Waals surface area contributed by atoms with E-state index in [1.54, 1.807) is 0 Å². The third-order valence-corrected chi connectivity index (χ3v) is 10.4. The molecule has 0 N–H and O–H groups in total. The Morgan fingerprint density at radius 1 is 0.854 bits per heavy atom. The number of rotatable bonds is 6. The standard InChI is InChI=1S/C43H48N4O/c1-26(2)31-19-20-44-40(21-31)46-38-16-11-10-15-36(38)37-18-17-34(25-39(37)46)48-35-23-32(43(7,8)9)22-33(24-35)47-30(6)42(29(5)45-47)41-27(3)13-12-14-28(41)4/h10-11,13,15-26,28,41H,12,14H2,1-9H3/t28-,41?/m0/s1. The van der Waals surface area contributed by atoms with Gasteiger partial charge < -0.3 is 4.74 Å². The fraction of sp³-hybridized carbons (Fsp3) is 0.349. The molecule has 0 spiro atoms. The van der Waals surface area contributed by atoms with E-state index in [4.69, 9.17) is 14.8 Å². The highest BCUT2D eigenvalue weighted by atomic mass is 16.5. The van der Waals surface area contributed by atoms with Crippen LogP contribution in [-0.4, -0.2) is 19.3 Å². The lowest BCUT2D eigenvalue weighted by atomic mass is 9.75. The first-order chi connectivity index (χ1) is 22.9. The van der Waals surface area contributed by atoms with Crippen molar-refractivity contribution in [3.05, 3.63) is 119 Å². The van der Waals surface area contributed by atoms with Crippen molar-refractivity contribution in [3.8, 4) is 23.0 Å². The molecule has 3 aromatic heterocycles. The van der Waals surface area contributed by atoms with E-state index in [2.05, 4.69) is 150 Å². The zero-order valence-corrected chi connectivity index (χ0v) is 29.9. The fourth-order valence-electron chi connectivity index (χ4n) is 7.69. The van der Waals surface area contributed by atoms with Crippen LogP contribution in [0.25, 0.3) is 33.3 Å². The largest absolute Gasteiger partial charge is 0.457 e. The molecule has 246 valence electrons. The van der Waals surface area contributed by atoms with E-state index in [-0.39, 0.29) is 5.41 Å². The number of hydrogen-bond acceptors (Lipinski definition) is 3. The molecule has 6 aromatic rings. The van der Waals surface area contributed by atoms with E-state index in [0.29, 0.717) is 17.8 Å². The quantitative estimate of drug-likeness (QED) is 0.171. The van der Waals surface area contributed by atoms with Crippen LogP contribution >= 0.6 is 0 Å². The van der Waals surface area contributed by atoms with Gasteiger partial charge in [0.15, 0.2) is 0 Å². The van der Waals surface area contributed by atoms with Crippen LogP contribution in [0.2, 0.25) is 0 Å². The highest BCUT2D eigenvalue weighted by molar-refractivity contribution is 6.09. The lowest BCUT2D eigenvalue weighted by Crippen LogP contribution is -2.16. The number of aryl methyl sites for hydroxylation is 1. The van der Waals surface area contributed by atoms with E-state index in [0.717, 1.165) is 46.2 Å². The molecule has 3 aromatic carbocycles. The van der Waals surface area contributed by atoms with E-state index >= 15 is 0 Å². The predicted molar refractivity (Wildman–Crippen MR) is 199 cm³/mol. The molecule has 7 rings (SSSR count). The number of para-hydroxylation sites is 1. The number of aromatic nitrogens is 4. The maximum absolute atomic E-state index is 6.78. The Bertz CT molecular complexity index is 2190. The molecule has 0 saturated carbocycles. The van der Waals surface area contributed by atoms with Crippen LogP contribution in [0.1, 0.15) is 101 Å². The second-order valence-corrected chi connectivity index (χ2v) is 15.2. The maximum Gasteiger partial charge on any atom is 0.137 e. The molecule has 48 heavy (non-hydrogen) atoms. The Labute approximate surface area is 285 Å². The van der Waals surface area contributed by atoms with Crippen LogP contribution in [0.3, 0.4) is 0 Å². The van der Waals surface area contributed by atoms with Crippen molar-refractivity contribution in [2.24, 2.45) is 5.92 Å². The van der Waals surface area contributed by atoms with Crippen LogP contribution in [0.15, 0.2) is 90.6 Å². The molecule has 0 amide bonds. The average Bonchev–Trinajstić information content (AvgIpc) is 3.53. The van der Waals surface area contributed by atoms with Gasteiger partial charge in [0.25, 0.3) is 0 Å². The molecular weight excluding hydrogens is 589 g/mol. The number of allylic oxidation sites excluding steroid dienone is 2. The van der Waals surface area contributed by atoms with E-state index in [9.17, 15) is 0 Å². The normalized spacial score (nSPS) is 17.0. The molecule has 3 heterocycles. The zero-order valence-electron chi connectivity index (χ0n) is 29.9. The van der Waals surface area contributed by atoms with Gasteiger partial charge in [-0.3, -0.25) is 4.57 Å². The van der Waals surface area contributed by atoms with Gasteiger partial charge in [-0.15, -0.1) is 0 Å². The van der Waals surface area contributed by atoms with Gasteiger partial charge >= 0.3 is 0 Å². The molecule has 2 atom stereocenters. The van der Waals surface area contributed by atoms with Crippen molar-refractivity contribution in [2.45, 2.75) is 92.4 Å². The van der Waals surface area contributed by atoms with E-state index < -0.39 is 0 Å². The first kappa shape index (κ1) is 31.9. The summed E-state index contributed by atoms with van der Waals surface area (Å²) in [6.07, 6.45) is 6.71. The van der Waals surface area contributed by atoms with Crippen molar-refractivity contribution in [2.75, 3.05) is 0 Å². The van der Waals surface area contributed by atoms with Gasteiger partial charge in [0.05, 0.1) is 22.4 Å². The molecule has 0 bridgehead atoms. The number of nitrogens with zero attached hydrogens (tertiary/aromatic N) is 4. The van der Waals surface area contributed by atoms with Gasteiger partial charge in [-0.1, -0.05) is 71.4 Å². The summed E-state index contributed by atoms with van der Waals surface area (Å²) in [6.45, 7) is 20.3. The maximum atomic E-state index is 6.78. The summed E-state index contributed by atoms with van der Waals surface area (Å²) >= 11 is 0. The summed E-state index contributed by atoms with van der Waals surface area (Å²) in [5.41, 5.74) is 10.8. The van der Waals surface area contributed by atoms with Gasteiger partial charge in [-0.25, -0.2) is 9.67 Å². The molecule has 5 heteroatoms. The van der Waals surface area contributed by atoms with E-state index in [1.165, 1.54) is 45.2 Å². The summed E-state index contributed by atoms with van der Waals surface area (Å²) in [6, 6.07) is 25.9. The first-order valence-corrected chi connectivity index (χ1v) is 17.5. The monoisotopic (exact) mass is 636 g/mol. The molecule has 0 radical (unpaired) electrons. The average molecular weight is 637 g/mol. The zero-order chi connectivity index (χ0) is 33.9. The lowest BCUT2D eigenvalue weighted by Gasteiger charge is -2.29. The molecule has 5 nitrogen and oxygen atoms in total. The second-order valence-electron chi connectivity index (χ2n) is 15.2. The predicted octanol–water partition coefficient (Wildman–Crippen LogP) is 11.7. The Hall–Kier alpha value is -4.64. The fourth-order valence-corrected chi connectivity index (χ4v) is 7.69. The summed E-state index contributed by atoms with van der Waals surface area (Å²) in [5, 5.41) is 7.52. The molecule has 0 saturated heterocycles. The van der Waals surface area contributed by atoms with Crippen LogP contribution in [0.5, 0.6) is 11.5 Å². The Morgan fingerprint density at radius 3 is 2.38 bits per heavy atom. The molecule has 1 unspecified atom stereocenters. The van der Waals surface area contributed by atoms with Gasteiger partial charge in [0, 0.05) is 46.3 Å². The Balaban J connectivity index is 1.34. The van der Waals surface area contributed by atoms with Gasteiger partial charge in [0.2, 0.25) is 0 Å². The SMILES string of the molecule is CC1=CCC[C@H](C)C1c1c(C)nn(-c2cc(Oc3ccc4c5ccccc5n(-c5cc(C(C)C)ccn5)c4c3)cc(C(C)(C)C)c2)c1C. The minimum Gasteiger partial charge on any atom is -0.457 e. The van der Waals surface area contributed by atoms with Crippen LogP contribution < -0.4 is 4.74 Å². The molecule has 0 fully saturated rings. The minimum atomic E-state index is -0.0757. The van der Waals surface area contributed by atoms with E-state index in [1.807, 2.05) is 6.20 Å². The van der Waals surface area contributed by atoms with Crippen LogP contribution in [-0.2, 0) is 5.41 Å². The minimum absolute atomic E-state index is 0.0757. The smallest absolute Gasteiger partial charge is 0.137 e. The summed E-state index contributed by atoms with van der Waals surface area (Å²) < 4.78 is 11.2. The second kappa shape index (κ2) is 12.1. The molecular formula is C43H48N4O. The Kier molecular flexibility index (Phi) is 8.06. The first-order valence-electron chi connectivity index (χ1n) is 17.5. The summed E-state index contributed by atoms with van der Waals surface area (Å²) in [5.74, 6) is 3.92. The highest BCUT2D eigenvalue weighted by Crippen LogP contribution is 2.42. The summed E-state index contributed by atoms with van der Waals surface area (Å²) in [4.78, 5) is 4.83. The Morgan fingerprint density at radius 2 is 1.62 bits per heavy atom. The van der Waals surface area contributed by atoms with Crippen molar-refractivity contribution < 1.29 is 4.74 Å². The van der Waals surface area contributed by atoms with Crippen molar-refractivity contribution >= 4 is 21.8 Å². The molecule has 1 aliphatic carbocycles. The van der Waals surface area contributed by atoms with Crippen LogP contribution in [0, 0.1) is 19.8 Å². The van der Waals surface area contributed by atoms with Crippen molar-refractivity contribution in [3.63, 3.8) is 0 Å². The lowest BCUT2D eigenvalue weighted by molar-refractivity contribution is 0.447. The third-order valence-electron chi connectivity index (χ3n) is 10.4. The number of pyridine rings is 1. The number of benzene rings is 3. The highest BCUT2D eigenvalue weighted by Gasteiger charge is 2.30. The third kappa shape index (κ3) is 5.63. The number of fused-ring (bicyclic) bond motifs is 3. The van der Waals surface area contributed by atoms with Crippen LogP contribution in [0.4, 0.5) is 0 Å². The van der Waals surface area contributed by atoms with Gasteiger partial charge in [-0.2, -0.15) is 5.10 Å². The van der Waals surface area contributed by atoms with Crippen molar-refractivity contribution in [1.82, 2.24) is 19.3 Å². The molecule has 1 aliphatic rings. The topological polar surface area (TPSA) is 44.9 Å². The van der Waals surface area contributed by atoms with Gasteiger partial charge in [0.1, 0.15) is 17.3 Å². The number of hydrogen-bond donors (Lipinski definition) is 0. The number of ether oxygens (including phenoxy) is 1. The van der Waals surface area contributed by atoms with Gasteiger partial charge in [-0.05, 0) is 104 Å². The molecule has 0 aliphatic heterocycles.